The Hall–Kier alpha value is -0.520. The first-order valence-electron chi connectivity index (χ1n) is 3.45. The highest BCUT2D eigenvalue weighted by molar-refractivity contribution is 4.86. The molecule has 0 aliphatic heterocycles. The molecule has 0 aliphatic rings. The van der Waals surface area contributed by atoms with Crippen molar-refractivity contribution in [3.8, 4) is 0 Å². The van der Waals surface area contributed by atoms with Crippen LogP contribution in [0, 0.1) is 11.8 Å². The summed E-state index contributed by atoms with van der Waals surface area (Å²) < 4.78 is 0. The van der Waals surface area contributed by atoms with Gasteiger partial charge in [0.2, 0.25) is 0 Å². The zero-order valence-electron chi connectivity index (χ0n) is 6.43. The average molecular weight is 124 g/mol. The van der Waals surface area contributed by atoms with Gasteiger partial charge < -0.3 is 0 Å². The number of rotatable bonds is 4. The lowest BCUT2D eigenvalue weighted by molar-refractivity contribution is 0.471. The van der Waals surface area contributed by atoms with Gasteiger partial charge in [0.15, 0.2) is 0 Å². The molecule has 0 aromatic heterocycles. The van der Waals surface area contributed by atoms with E-state index in [1.165, 1.54) is 0 Å². The Morgan fingerprint density at radius 1 is 1.33 bits per heavy atom. The first kappa shape index (κ1) is 8.48. The van der Waals surface area contributed by atoms with Crippen molar-refractivity contribution in [3.05, 3.63) is 25.3 Å². The molecule has 0 aromatic rings. The molecule has 0 radical (unpaired) electrons. The second-order valence-corrected chi connectivity index (χ2v) is 2.67. The van der Waals surface area contributed by atoms with Crippen LogP contribution in [0.2, 0.25) is 0 Å². The van der Waals surface area contributed by atoms with Crippen molar-refractivity contribution < 1.29 is 0 Å². The summed E-state index contributed by atoms with van der Waals surface area (Å²) in [5.74, 6) is 1.31. The van der Waals surface area contributed by atoms with Gasteiger partial charge in [0, 0.05) is 0 Å². The molecule has 0 aliphatic carbocycles. The molecule has 0 saturated heterocycles. The largest absolute Gasteiger partial charge is 0.103 e. The fraction of sp³-hybridized carbons (Fsp3) is 0.556. The average Bonchev–Trinajstić information content (AvgIpc) is 1.82. The Bertz CT molecular complexity index is 90.2. The predicted molar refractivity (Wildman–Crippen MR) is 43.3 cm³/mol. The molecule has 0 aromatic carbocycles. The zero-order chi connectivity index (χ0) is 7.28. The second kappa shape index (κ2) is 4.37. The highest BCUT2D eigenvalue weighted by Crippen LogP contribution is 2.15. The lowest BCUT2D eigenvalue weighted by atomic mass is 9.93. The van der Waals surface area contributed by atoms with Gasteiger partial charge in [0.1, 0.15) is 0 Å². The second-order valence-electron chi connectivity index (χ2n) is 2.67. The van der Waals surface area contributed by atoms with Crippen LogP contribution in [0.15, 0.2) is 25.3 Å². The van der Waals surface area contributed by atoms with E-state index in [-0.39, 0.29) is 0 Å². The van der Waals surface area contributed by atoms with Crippen LogP contribution in [-0.4, -0.2) is 0 Å². The van der Waals surface area contributed by atoms with Crippen LogP contribution in [0.1, 0.15) is 20.3 Å². The molecule has 0 heteroatoms. The van der Waals surface area contributed by atoms with Crippen molar-refractivity contribution in [3.63, 3.8) is 0 Å². The van der Waals surface area contributed by atoms with Crippen molar-refractivity contribution in [1.82, 2.24) is 0 Å². The van der Waals surface area contributed by atoms with E-state index in [0.29, 0.717) is 11.8 Å². The Morgan fingerprint density at radius 2 is 1.89 bits per heavy atom. The third-order valence-electron chi connectivity index (χ3n) is 1.60. The summed E-state index contributed by atoms with van der Waals surface area (Å²) in [6.45, 7) is 11.8. The van der Waals surface area contributed by atoms with Gasteiger partial charge in [0.05, 0.1) is 0 Å². The molecule has 0 bridgehead atoms. The molecule has 0 heterocycles. The summed E-state index contributed by atoms with van der Waals surface area (Å²) in [5.41, 5.74) is 0. The molecular formula is C9H16. The monoisotopic (exact) mass is 124 g/mol. The van der Waals surface area contributed by atoms with Crippen molar-refractivity contribution >= 4 is 0 Å². The maximum absolute atomic E-state index is 3.75. The Labute approximate surface area is 58.3 Å². The summed E-state index contributed by atoms with van der Waals surface area (Å²) in [5, 5.41) is 0. The minimum Gasteiger partial charge on any atom is -0.103 e. The van der Waals surface area contributed by atoms with E-state index in [9.17, 15) is 0 Å². The molecule has 0 nitrogen and oxygen atoms in total. The van der Waals surface area contributed by atoms with Crippen molar-refractivity contribution in [1.29, 1.82) is 0 Å². The molecular weight excluding hydrogens is 108 g/mol. The number of hydrogen-bond donors (Lipinski definition) is 0. The summed E-state index contributed by atoms with van der Waals surface area (Å²) in [4.78, 5) is 0. The van der Waals surface area contributed by atoms with Gasteiger partial charge in [-0.15, -0.1) is 13.2 Å². The van der Waals surface area contributed by atoms with Crippen LogP contribution in [-0.2, 0) is 0 Å². The summed E-state index contributed by atoms with van der Waals surface area (Å²) in [6.07, 6.45) is 5.01. The molecule has 0 fully saturated rings. The van der Waals surface area contributed by atoms with Gasteiger partial charge in [0.25, 0.3) is 0 Å². The standard InChI is InChI=1S/C9H16/c1-5-7-9(6-2)8(3)4/h5-6,8-9H,1-2,7H2,3-4H3/t9-/m1/s1. The van der Waals surface area contributed by atoms with Crippen LogP contribution in [0.5, 0.6) is 0 Å². The third kappa shape index (κ3) is 3.12. The predicted octanol–water partition coefficient (Wildman–Crippen LogP) is 3.02. The maximum atomic E-state index is 3.75. The topological polar surface area (TPSA) is 0 Å². The number of allylic oxidation sites excluding steroid dienone is 2. The minimum atomic E-state index is 0.613. The molecule has 9 heavy (non-hydrogen) atoms. The van der Waals surface area contributed by atoms with Gasteiger partial charge >= 0.3 is 0 Å². The van der Waals surface area contributed by atoms with Crippen LogP contribution in [0.25, 0.3) is 0 Å². The molecule has 0 amide bonds. The van der Waals surface area contributed by atoms with Gasteiger partial charge in [-0.1, -0.05) is 26.0 Å². The highest BCUT2D eigenvalue weighted by Gasteiger charge is 2.05. The van der Waals surface area contributed by atoms with E-state index < -0.39 is 0 Å². The van der Waals surface area contributed by atoms with E-state index >= 15 is 0 Å². The molecule has 0 unspecified atom stereocenters. The third-order valence-corrected chi connectivity index (χ3v) is 1.60. The molecule has 0 N–H and O–H groups in total. The van der Waals surface area contributed by atoms with Gasteiger partial charge in [-0.05, 0) is 18.3 Å². The Kier molecular flexibility index (Phi) is 4.12. The van der Waals surface area contributed by atoms with Gasteiger partial charge in [-0.2, -0.15) is 0 Å². The Morgan fingerprint density at radius 3 is 2.00 bits per heavy atom. The van der Waals surface area contributed by atoms with E-state index in [1.807, 2.05) is 12.2 Å². The van der Waals surface area contributed by atoms with E-state index in [0.717, 1.165) is 6.42 Å². The summed E-state index contributed by atoms with van der Waals surface area (Å²) in [6, 6.07) is 0. The lowest BCUT2D eigenvalue weighted by Crippen LogP contribution is -2.02. The normalized spacial score (nSPS) is 13.2. The van der Waals surface area contributed by atoms with Crippen molar-refractivity contribution in [2.45, 2.75) is 20.3 Å². The quantitative estimate of drug-likeness (QED) is 0.505. The first-order chi connectivity index (χ1) is 4.22. The van der Waals surface area contributed by atoms with Crippen molar-refractivity contribution in [2.24, 2.45) is 11.8 Å². The fourth-order valence-electron chi connectivity index (χ4n) is 0.833. The molecule has 0 rings (SSSR count). The molecule has 0 saturated carbocycles. The smallest absolute Gasteiger partial charge is 0.0179 e. The highest BCUT2D eigenvalue weighted by atomic mass is 14.1. The SMILES string of the molecule is C=CC[C@@H](C=C)C(C)C. The van der Waals surface area contributed by atoms with Crippen LogP contribution in [0.4, 0.5) is 0 Å². The first-order valence-corrected chi connectivity index (χ1v) is 3.45. The number of hydrogen-bond acceptors (Lipinski definition) is 0. The van der Waals surface area contributed by atoms with Gasteiger partial charge in [-0.3, -0.25) is 0 Å². The van der Waals surface area contributed by atoms with E-state index in [1.54, 1.807) is 0 Å². The minimum absolute atomic E-state index is 0.613. The van der Waals surface area contributed by atoms with Crippen LogP contribution >= 0.6 is 0 Å². The molecule has 1 atom stereocenters. The molecule has 0 spiro atoms. The zero-order valence-corrected chi connectivity index (χ0v) is 6.43. The van der Waals surface area contributed by atoms with E-state index in [4.69, 9.17) is 0 Å². The fourth-order valence-corrected chi connectivity index (χ4v) is 0.833. The maximum Gasteiger partial charge on any atom is -0.0179 e. The van der Waals surface area contributed by atoms with Crippen molar-refractivity contribution in [2.75, 3.05) is 0 Å². The lowest BCUT2D eigenvalue weighted by Gasteiger charge is -2.12. The van der Waals surface area contributed by atoms with E-state index in [2.05, 4.69) is 27.0 Å². The summed E-state index contributed by atoms with van der Waals surface area (Å²) >= 11 is 0. The van der Waals surface area contributed by atoms with Crippen LogP contribution < -0.4 is 0 Å². The molecule has 52 valence electrons. The Balaban J connectivity index is 3.66. The van der Waals surface area contributed by atoms with Crippen LogP contribution in [0.3, 0.4) is 0 Å². The summed E-state index contributed by atoms with van der Waals surface area (Å²) in [7, 11) is 0. The van der Waals surface area contributed by atoms with Gasteiger partial charge in [-0.25, -0.2) is 0 Å².